The molecule has 3 aromatic heterocycles. The lowest BCUT2D eigenvalue weighted by atomic mass is 9.70. The molecule has 1 saturated carbocycles. The van der Waals surface area contributed by atoms with Crippen molar-refractivity contribution in [2.45, 2.75) is 57.7 Å². The predicted molar refractivity (Wildman–Crippen MR) is 224 cm³/mol. The van der Waals surface area contributed by atoms with Crippen molar-refractivity contribution in [1.29, 1.82) is 0 Å². The van der Waals surface area contributed by atoms with Crippen LogP contribution in [0.3, 0.4) is 0 Å². The van der Waals surface area contributed by atoms with Crippen molar-refractivity contribution in [3.05, 3.63) is 187 Å². The lowest BCUT2D eigenvalue weighted by Crippen LogP contribution is -2.24. The van der Waals surface area contributed by atoms with E-state index in [0.717, 1.165) is 87.3 Å². The fourth-order valence-corrected chi connectivity index (χ4v) is 7.75. The number of aromatic nitrogens is 3. The summed E-state index contributed by atoms with van der Waals surface area (Å²) in [7, 11) is 0. The summed E-state index contributed by atoms with van der Waals surface area (Å²) in [5.74, 6) is -0.416. The molecule has 1 aliphatic rings. The van der Waals surface area contributed by atoms with E-state index in [2.05, 4.69) is 59.6 Å². The van der Waals surface area contributed by atoms with E-state index in [1.54, 1.807) is 6.20 Å². The highest BCUT2D eigenvalue weighted by Crippen LogP contribution is 2.40. The molecule has 0 aliphatic heterocycles. The Hall–Kier alpha value is -5.67. The average Bonchev–Trinajstić information content (AvgIpc) is 3.27. The molecule has 3 atom stereocenters. The first-order valence-corrected chi connectivity index (χ1v) is 19.3. The third-order valence-corrected chi connectivity index (χ3v) is 10.7. The van der Waals surface area contributed by atoms with Crippen molar-refractivity contribution in [2.24, 2.45) is 17.8 Å². The van der Waals surface area contributed by atoms with E-state index in [0.29, 0.717) is 6.42 Å². The molecule has 0 radical (unpaired) electrons. The average molecular weight is 708 g/mol. The molecule has 54 heavy (non-hydrogen) atoms. The molecule has 4 aromatic carbocycles. The van der Waals surface area contributed by atoms with Gasteiger partial charge in [-0.05, 0) is 128 Å². The lowest BCUT2D eigenvalue weighted by molar-refractivity contribution is 0.172. The Bertz CT molecular complexity index is 2370. The van der Waals surface area contributed by atoms with Crippen LogP contribution in [0.1, 0.15) is 60.6 Å². The third kappa shape index (κ3) is 9.27. The second kappa shape index (κ2) is 17.4. The van der Waals surface area contributed by atoms with Gasteiger partial charge in [-0.25, -0.2) is 0 Å². The van der Waals surface area contributed by atoms with Gasteiger partial charge in [0.25, 0.3) is 0 Å². The Kier molecular flexibility index (Phi) is 9.93. The van der Waals surface area contributed by atoms with Crippen LogP contribution >= 0.6 is 0 Å². The molecule has 3 nitrogen and oxygen atoms in total. The maximum Gasteiger partial charge on any atom is 0.0702 e. The minimum atomic E-state index is -1.54. The summed E-state index contributed by atoms with van der Waals surface area (Å²) >= 11 is 0. The van der Waals surface area contributed by atoms with Crippen molar-refractivity contribution >= 4 is 0 Å². The summed E-state index contributed by atoms with van der Waals surface area (Å²) in [6, 6.07) is 51.0. The van der Waals surface area contributed by atoms with Crippen LogP contribution in [0.2, 0.25) is 0 Å². The van der Waals surface area contributed by atoms with E-state index >= 15 is 0 Å². The molecule has 7 aromatic rings. The molecule has 0 spiro atoms. The molecule has 0 amide bonds. The summed E-state index contributed by atoms with van der Waals surface area (Å²) in [6.45, 7) is 0. The van der Waals surface area contributed by atoms with Gasteiger partial charge in [0, 0.05) is 40.8 Å². The number of aryl methyl sites for hydroxylation is 3. The minimum absolute atomic E-state index is 0.179. The molecule has 3 heteroatoms. The van der Waals surface area contributed by atoms with Crippen LogP contribution in [0.15, 0.2) is 170 Å². The second-order valence-electron chi connectivity index (χ2n) is 14.6. The molecule has 3 unspecified atom stereocenters. The Labute approximate surface area is 326 Å². The molecule has 0 saturated heterocycles. The van der Waals surface area contributed by atoms with E-state index in [1.807, 2.05) is 109 Å². The highest BCUT2D eigenvalue weighted by Gasteiger charge is 2.28. The van der Waals surface area contributed by atoms with Crippen LogP contribution in [0, 0.1) is 17.8 Å². The van der Waals surface area contributed by atoms with Gasteiger partial charge >= 0.3 is 0 Å². The number of pyridine rings is 3. The first-order chi connectivity index (χ1) is 28.2. The van der Waals surface area contributed by atoms with Crippen LogP contribution in [-0.2, 0) is 19.3 Å². The normalized spacial score (nSPS) is 18.6. The molecule has 0 bridgehead atoms. The Morgan fingerprint density at radius 2 is 0.796 bits per heavy atom. The lowest BCUT2D eigenvalue weighted by Gasteiger charge is -2.35. The fourth-order valence-electron chi connectivity index (χ4n) is 7.75. The van der Waals surface area contributed by atoms with Crippen molar-refractivity contribution in [3.8, 4) is 44.9 Å². The van der Waals surface area contributed by atoms with Gasteiger partial charge in [0.05, 0.1) is 17.1 Å². The van der Waals surface area contributed by atoms with E-state index in [9.17, 15) is 5.48 Å². The zero-order chi connectivity index (χ0) is 40.0. The van der Waals surface area contributed by atoms with Gasteiger partial charge in [-0.15, -0.1) is 0 Å². The number of hydrogen-bond acceptors (Lipinski definition) is 3. The van der Waals surface area contributed by atoms with Crippen molar-refractivity contribution in [2.75, 3.05) is 0 Å². The van der Waals surface area contributed by atoms with Gasteiger partial charge in [0.1, 0.15) is 0 Å². The van der Waals surface area contributed by atoms with Gasteiger partial charge in [-0.1, -0.05) is 127 Å². The van der Waals surface area contributed by atoms with Crippen molar-refractivity contribution in [3.63, 3.8) is 0 Å². The summed E-state index contributed by atoms with van der Waals surface area (Å²) in [5.41, 5.74) is 10.9. The predicted octanol–water partition coefficient (Wildman–Crippen LogP) is 12.8. The van der Waals surface area contributed by atoms with Crippen LogP contribution in [0.5, 0.6) is 0 Å². The second-order valence-corrected chi connectivity index (χ2v) is 14.6. The van der Waals surface area contributed by atoms with Crippen molar-refractivity contribution < 1.29 is 5.48 Å². The van der Waals surface area contributed by atoms with Crippen LogP contribution in [0.25, 0.3) is 44.9 Å². The number of benzene rings is 4. The topological polar surface area (TPSA) is 38.7 Å². The maximum absolute atomic E-state index is 9.51. The maximum atomic E-state index is 9.51. The van der Waals surface area contributed by atoms with E-state index in [1.165, 1.54) is 0 Å². The molecular formula is C51H49N3. The van der Waals surface area contributed by atoms with Gasteiger partial charge in [0.2, 0.25) is 0 Å². The van der Waals surface area contributed by atoms with E-state index < -0.39 is 12.7 Å². The fraction of sp³-hybridized carbons (Fsp3) is 0.235. The number of rotatable bonds is 13. The van der Waals surface area contributed by atoms with Crippen LogP contribution in [0.4, 0.5) is 0 Å². The van der Waals surface area contributed by atoms with E-state index in [4.69, 9.17) is 9.97 Å². The zero-order valence-electron chi connectivity index (χ0n) is 34.7. The van der Waals surface area contributed by atoms with Gasteiger partial charge < -0.3 is 0 Å². The zero-order valence-corrected chi connectivity index (χ0v) is 30.7. The first kappa shape index (κ1) is 30.8. The standard InChI is InChI=1S/C51H49N3/c1-4-11-44(12-5-1)47-17-10-18-48(34-47)51-30-27-40(37-54-51)21-24-43-32-41(22-19-38-25-28-49(52-35-38)45-13-6-2-7-14-45)31-42(33-43)23-20-39-26-29-50(53-36-39)46-15-8-3-9-16-46/h1-18,25-30,34-37,41-43H,19-24,31-33H2/i22D2,24D2. The number of hydrogen-bond donors (Lipinski definition) is 0. The minimum Gasteiger partial charge on any atom is -0.256 e. The molecule has 0 N–H and O–H groups in total. The molecule has 1 aliphatic carbocycles. The van der Waals surface area contributed by atoms with Gasteiger partial charge in [-0.3, -0.25) is 15.0 Å². The summed E-state index contributed by atoms with van der Waals surface area (Å²) in [4.78, 5) is 14.2. The monoisotopic (exact) mass is 707 g/mol. The largest absolute Gasteiger partial charge is 0.256 e. The first-order valence-electron chi connectivity index (χ1n) is 21.3. The Balaban J connectivity index is 0.987. The number of nitrogens with zero attached hydrogens (tertiary/aromatic N) is 3. The molecule has 1 fully saturated rings. The highest BCUT2D eigenvalue weighted by molar-refractivity contribution is 5.71. The molecule has 268 valence electrons. The Morgan fingerprint density at radius 3 is 1.28 bits per heavy atom. The highest BCUT2D eigenvalue weighted by atomic mass is 14.7. The molecule has 8 rings (SSSR count). The van der Waals surface area contributed by atoms with E-state index in [-0.39, 0.29) is 30.6 Å². The van der Waals surface area contributed by atoms with Crippen LogP contribution < -0.4 is 0 Å². The van der Waals surface area contributed by atoms with Gasteiger partial charge in [-0.2, -0.15) is 0 Å². The van der Waals surface area contributed by atoms with Crippen molar-refractivity contribution in [1.82, 2.24) is 15.0 Å². The van der Waals surface area contributed by atoms with Crippen LogP contribution in [-0.4, -0.2) is 15.0 Å². The summed E-state index contributed by atoms with van der Waals surface area (Å²) < 4.78 is 37.9. The molecular weight excluding hydrogens is 655 g/mol. The van der Waals surface area contributed by atoms with Gasteiger partial charge in [0.15, 0.2) is 0 Å². The SMILES string of the molecule is [2H]C([2H])(Cc1ccc(-c2ccccc2)nc1)C1CC(CCc2ccc(-c3ccccc3)nc2)CC(C([2H])([2H])Cc2ccc(-c3cccc(-c4ccccc4)c3)nc2)C1. The Morgan fingerprint density at radius 1 is 0.389 bits per heavy atom. The molecule has 3 heterocycles. The smallest absolute Gasteiger partial charge is 0.0702 e. The quantitative estimate of drug-likeness (QED) is 0.120. The summed E-state index contributed by atoms with van der Waals surface area (Å²) in [5, 5.41) is 0. The third-order valence-electron chi connectivity index (χ3n) is 10.7. The summed E-state index contributed by atoms with van der Waals surface area (Å²) in [6.07, 6.45) is 6.60.